The predicted octanol–water partition coefficient (Wildman–Crippen LogP) is 2.99. The summed E-state index contributed by atoms with van der Waals surface area (Å²) in [6, 6.07) is 3.63. The number of carbonyl (C=O) groups is 1. The second-order valence-corrected chi connectivity index (χ2v) is 4.94. The van der Waals surface area contributed by atoms with Crippen LogP contribution < -0.4 is 0 Å². The first-order valence-corrected chi connectivity index (χ1v) is 6.61. The summed E-state index contributed by atoms with van der Waals surface area (Å²) in [5.41, 5.74) is 2.06. The van der Waals surface area contributed by atoms with Crippen LogP contribution in [-0.2, 0) is 6.54 Å². The minimum atomic E-state index is -0.0553. The Morgan fingerprint density at radius 3 is 2.78 bits per heavy atom. The van der Waals surface area contributed by atoms with Crippen LogP contribution in [0.3, 0.4) is 0 Å². The van der Waals surface area contributed by atoms with Crippen molar-refractivity contribution in [2.75, 3.05) is 0 Å². The van der Waals surface area contributed by atoms with Gasteiger partial charge in [0.2, 0.25) is 5.78 Å². The lowest BCUT2D eigenvalue weighted by atomic mass is 10.1. The number of halogens is 1. The van der Waals surface area contributed by atoms with Gasteiger partial charge < -0.3 is 0 Å². The number of aromatic nitrogens is 3. The van der Waals surface area contributed by atoms with E-state index in [1.165, 1.54) is 0 Å². The predicted molar refractivity (Wildman–Crippen MR) is 72.6 cm³/mol. The van der Waals surface area contributed by atoms with Gasteiger partial charge >= 0.3 is 0 Å². The van der Waals surface area contributed by atoms with Gasteiger partial charge in [-0.2, -0.15) is 5.10 Å². The van der Waals surface area contributed by atoms with E-state index in [-0.39, 0.29) is 5.78 Å². The molecule has 0 saturated carbocycles. The summed E-state index contributed by atoms with van der Waals surface area (Å²) in [5, 5.41) is 4.20. The average Bonchev–Trinajstić information content (AvgIpc) is 2.71. The maximum Gasteiger partial charge on any atom is 0.213 e. The SMILES string of the molecule is CCCn1ncc(Br)c1C(=O)c1ccc(C)nc1. The molecule has 2 aromatic rings. The Kier molecular flexibility index (Phi) is 3.91. The molecule has 0 aliphatic heterocycles. The Morgan fingerprint density at radius 1 is 1.39 bits per heavy atom. The van der Waals surface area contributed by atoms with Crippen LogP contribution in [0.25, 0.3) is 0 Å². The maximum absolute atomic E-state index is 12.4. The number of carbonyl (C=O) groups excluding carboxylic acids is 1. The van der Waals surface area contributed by atoms with Crippen molar-refractivity contribution in [2.24, 2.45) is 0 Å². The molecule has 0 spiro atoms. The Labute approximate surface area is 114 Å². The van der Waals surface area contributed by atoms with Gasteiger partial charge in [0.15, 0.2) is 0 Å². The van der Waals surface area contributed by atoms with Crippen molar-refractivity contribution < 1.29 is 4.79 Å². The van der Waals surface area contributed by atoms with E-state index < -0.39 is 0 Å². The Morgan fingerprint density at radius 2 is 2.17 bits per heavy atom. The summed E-state index contributed by atoms with van der Waals surface area (Å²) in [6.45, 7) is 4.68. The first kappa shape index (κ1) is 13.0. The van der Waals surface area contributed by atoms with E-state index in [2.05, 4.69) is 32.9 Å². The second kappa shape index (κ2) is 5.44. The molecule has 5 heteroatoms. The lowest BCUT2D eigenvalue weighted by molar-refractivity contribution is 0.102. The van der Waals surface area contributed by atoms with Crippen LogP contribution in [0.5, 0.6) is 0 Å². The molecule has 0 saturated heterocycles. The molecule has 0 aliphatic carbocycles. The lowest BCUT2D eigenvalue weighted by Crippen LogP contribution is -2.12. The van der Waals surface area contributed by atoms with Gasteiger partial charge in [0.25, 0.3) is 0 Å². The zero-order chi connectivity index (χ0) is 13.1. The smallest absolute Gasteiger partial charge is 0.213 e. The summed E-state index contributed by atoms with van der Waals surface area (Å²) in [7, 11) is 0. The molecule has 2 aromatic heterocycles. The van der Waals surface area contributed by atoms with E-state index in [4.69, 9.17) is 0 Å². The standard InChI is InChI=1S/C13H14BrN3O/c1-3-6-17-12(11(14)8-16-17)13(18)10-5-4-9(2)15-7-10/h4-5,7-8H,3,6H2,1-2H3. The fourth-order valence-corrected chi connectivity index (χ4v) is 2.18. The zero-order valence-corrected chi connectivity index (χ0v) is 11.9. The fourth-order valence-electron chi connectivity index (χ4n) is 1.71. The molecule has 4 nitrogen and oxygen atoms in total. The molecular weight excluding hydrogens is 294 g/mol. The zero-order valence-electron chi connectivity index (χ0n) is 10.4. The third kappa shape index (κ3) is 2.51. The Bertz CT molecular complexity index is 560. The minimum Gasteiger partial charge on any atom is -0.287 e. The third-order valence-electron chi connectivity index (χ3n) is 2.62. The molecule has 0 fully saturated rings. The van der Waals surface area contributed by atoms with Gasteiger partial charge in [-0.3, -0.25) is 14.5 Å². The van der Waals surface area contributed by atoms with Gasteiger partial charge in [-0.15, -0.1) is 0 Å². The Hall–Kier alpha value is -1.49. The number of ketones is 1. The molecule has 0 amide bonds. The molecule has 0 unspecified atom stereocenters. The van der Waals surface area contributed by atoms with Gasteiger partial charge in [-0.05, 0) is 41.4 Å². The van der Waals surface area contributed by atoms with Crippen LogP contribution >= 0.6 is 15.9 Å². The number of aryl methyl sites for hydroxylation is 2. The number of hydrogen-bond donors (Lipinski definition) is 0. The van der Waals surface area contributed by atoms with Crippen LogP contribution in [-0.4, -0.2) is 20.5 Å². The fraction of sp³-hybridized carbons (Fsp3) is 0.308. The summed E-state index contributed by atoms with van der Waals surface area (Å²) in [6.07, 6.45) is 4.19. The van der Waals surface area contributed by atoms with E-state index in [9.17, 15) is 4.79 Å². The van der Waals surface area contributed by atoms with Crippen molar-refractivity contribution in [3.8, 4) is 0 Å². The topological polar surface area (TPSA) is 47.8 Å². The van der Waals surface area contributed by atoms with Crippen LogP contribution in [0.4, 0.5) is 0 Å². The van der Waals surface area contributed by atoms with Gasteiger partial charge in [0.05, 0.1) is 10.7 Å². The van der Waals surface area contributed by atoms with E-state index in [0.29, 0.717) is 11.3 Å². The number of pyridine rings is 1. The quantitative estimate of drug-likeness (QED) is 0.816. The van der Waals surface area contributed by atoms with E-state index in [1.54, 1.807) is 23.1 Å². The third-order valence-corrected chi connectivity index (χ3v) is 3.20. The average molecular weight is 308 g/mol. The van der Waals surface area contributed by atoms with Gasteiger partial charge in [-0.25, -0.2) is 0 Å². The van der Waals surface area contributed by atoms with Gasteiger partial charge in [-0.1, -0.05) is 6.92 Å². The number of rotatable bonds is 4. The highest BCUT2D eigenvalue weighted by molar-refractivity contribution is 9.10. The maximum atomic E-state index is 12.4. The second-order valence-electron chi connectivity index (χ2n) is 4.08. The van der Waals surface area contributed by atoms with Gasteiger partial charge in [0.1, 0.15) is 5.69 Å². The van der Waals surface area contributed by atoms with Crippen molar-refractivity contribution in [3.63, 3.8) is 0 Å². The van der Waals surface area contributed by atoms with Crippen molar-refractivity contribution in [1.82, 2.24) is 14.8 Å². The van der Waals surface area contributed by atoms with Crippen LogP contribution in [0.15, 0.2) is 29.0 Å². The molecule has 2 heterocycles. The molecule has 2 rings (SSSR count). The first-order valence-electron chi connectivity index (χ1n) is 5.82. The molecule has 0 radical (unpaired) electrons. The van der Waals surface area contributed by atoms with E-state index in [1.807, 2.05) is 13.0 Å². The molecule has 0 aromatic carbocycles. The largest absolute Gasteiger partial charge is 0.287 e. The highest BCUT2D eigenvalue weighted by Gasteiger charge is 2.18. The highest BCUT2D eigenvalue weighted by Crippen LogP contribution is 2.20. The van der Waals surface area contributed by atoms with E-state index in [0.717, 1.165) is 23.1 Å². The number of hydrogen-bond acceptors (Lipinski definition) is 3. The van der Waals surface area contributed by atoms with E-state index >= 15 is 0 Å². The van der Waals surface area contributed by atoms with Crippen LogP contribution in [0, 0.1) is 6.92 Å². The first-order chi connectivity index (χ1) is 8.63. The van der Waals surface area contributed by atoms with Crippen molar-refractivity contribution >= 4 is 21.7 Å². The van der Waals surface area contributed by atoms with Crippen molar-refractivity contribution in [1.29, 1.82) is 0 Å². The highest BCUT2D eigenvalue weighted by atomic mass is 79.9. The summed E-state index contributed by atoms with van der Waals surface area (Å²) < 4.78 is 2.45. The van der Waals surface area contributed by atoms with Crippen molar-refractivity contribution in [3.05, 3.63) is 46.0 Å². The summed E-state index contributed by atoms with van der Waals surface area (Å²) in [5.74, 6) is -0.0553. The van der Waals surface area contributed by atoms with Crippen LogP contribution in [0.1, 0.15) is 35.1 Å². The molecular formula is C13H14BrN3O. The molecule has 94 valence electrons. The van der Waals surface area contributed by atoms with Gasteiger partial charge in [0, 0.05) is 24.0 Å². The van der Waals surface area contributed by atoms with Crippen molar-refractivity contribution in [2.45, 2.75) is 26.8 Å². The normalized spacial score (nSPS) is 10.6. The summed E-state index contributed by atoms with van der Waals surface area (Å²) in [4.78, 5) is 16.6. The molecule has 0 aliphatic rings. The Balaban J connectivity index is 2.39. The minimum absolute atomic E-state index is 0.0553. The van der Waals surface area contributed by atoms with Crippen LogP contribution in [0.2, 0.25) is 0 Å². The number of nitrogens with zero attached hydrogens (tertiary/aromatic N) is 3. The monoisotopic (exact) mass is 307 g/mol. The lowest BCUT2D eigenvalue weighted by Gasteiger charge is -2.06. The molecule has 18 heavy (non-hydrogen) atoms. The molecule has 0 atom stereocenters. The summed E-state index contributed by atoms with van der Waals surface area (Å²) >= 11 is 3.37. The molecule has 0 bridgehead atoms. The molecule has 0 N–H and O–H groups in total.